The van der Waals surface area contributed by atoms with Crippen molar-refractivity contribution >= 4 is 34.0 Å². The van der Waals surface area contributed by atoms with Gasteiger partial charge in [-0.05, 0) is 75.3 Å². The molecule has 3 atom stereocenters. The van der Waals surface area contributed by atoms with Crippen LogP contribution >= 0.6 is 15.9 Å². The van der Waals surface area contributed by atoms with Gasteiger partial charge in [-0.15, -0.1) is 13.2 Å². The molecule has 0 aliphatic carbocycles. The van der Waals surface area contributed by atoms with Gasteiger partial charge in [-0.1, -0.05) is 46.3 Å². The van der Waals surface area contributed by atoms with Crippen LogP contribution in [0.3, 0.4) is 0 Å². The number of imide groups is 1. The summed E-state index contributed by atoms with van der Waals surface area (Å²) in [5.41, 5.74) is 0.613. The second-order valence-corrected chi connectivity index (χ2v) is 12.2. The van der Waals surface area contributed by atoms with E-state index in [1.807, 2.05) is 30.3 Å². The fraction of sp³-hybridized carbons (Fsp3) is 0.483. The molecule has 0 radical (unpaired) electrons. The molecule has 3 amide bonds. The van der Waals surface area contributed by atoms with Crippen molar-refractivity contribution in [1.29, 1.82) is 0 Å². The number of ether oxygens (including phenoxy) is 3. The molecule has 2 heterocycles. The highest BCUT2D eigenvalue weighted by Crippen LogP contribution is 2.34. The summed E-state index contributed by atoms with van der Waals surface area (Å²) in [5.74, 6) is -2.15. The van der Waals surface area contributed by atoms with Gasteiger partial charge in [0, 0.05) is 23.5 Å². The highest BCUT2D eigenvalue weighted by Gasteiger charge is 2.45. The number of rotatable bonds is 7. The molecule has 41 heavy (non-hydrogen) atoms. The molecule has 0 bridgehead atoms. The Balaban J connectivity index is 1.62. The first-order valence-electron chi connectivity index (χ1n) is 13.3. The van der Waals surface area contributed by atoms with Crippen molar-refractivity contribution in [2.45, 2.75) is 58.0 Å². The molecule has 2 fully saturated rings. The Morgan fingerprint density at radius 1 is 1.10 bits per heavy atom. The zero-order chi connectivity index (χ0) is 29.9. The number of benzene rings is 2. The second kappa shape index (κ2) is 12.3. The Morgan fingerprint density at radius 2 is 1.80 bits per heavy atom. The summed E-state index contributed by atoms with van der Waals surface area (Å²) in [6.45, 7) is 5.82. The Labute approximate surface area is 244 Å². The van der Waals surface area contributed by atoms with Crippen molar-refractivity contribution in [3.63, 3.8) is 0 Å². The molecule has 0 spiro atoms. The first kappa shape index (κ1) is 30.7. The minimum absolute atomic E-state index is 0.0150. The Morgan fingerprint density at radius 3 is 2.46 bits per heavy atom. The summed E-state index contributed by atoms with van der Waals surface area (Å²) in [6.07, 6.45) is -5.32. The third kappa shape index (κ3) is 8.37. The van der Waals surface area contributed by atoms with Crippen LogP contribution in [-0.4, -0.2) is 65.6 Å². The number of hydrogen-bond acceptors (Lipinski definition) is 6. The third-order valence-electron chi connectivity index (χ3n) is 6.90. The molecule has 2 aromatic carbocycles. The van der Waals surface area contributed by atoms with Gasteiger partial charge in [0.15, 0.2) is 0 Å². The lowest BCUT2D eigenvalue weighted by atomic mass is 9.84. The maximum Gasteiger partial charge on any atom is 0.573 e. The Hall–Kier alpha value is -3.28. The predicted molar refractivity (Wildman–Crippen MR) is 146 cm³/mol. The van der Waals surface area contributed by atoms with Crippen LogP contribution in [0.2, 0.25) is 0 Å². The van der Waals surface area contributed by atoms with Crippen LogP contribution in [0.4, 0.5) is 22.8 Å². The summed E-state index contributed by atoms with van der Waals surface area (Å²) in [5, 5.41) is 0. The van der Waals surface area contributed by atoms with Crippen LogP contribution in [-0.2, 0) is 27.1 Å². The maximum absolute atomic E-state index is 14.1. The van der Waals surface area contributed by atoms with Crippen LogP contribution in [0.1, 0.15) is 38.3 Å². The molecule has 2 aromatic rings. The second-order valence-electron chi connectivity index (χ2n) is 11.3. The Bertz CT molecular complexity index is 1270. The van der Waals surface area contributed by atoms with Gasteiger partial charge in [0.25, 0.3) is 0 Å². The van der Waals surface area contributed by atoms with E-state index in [2.05, 4.69) is 20.7 Å². The molecule has 0 unspecified atom stereocenters. The minimum atomic E-state index is -4.89. The molecule has 2 saturated heterocycles. The number of likely N-dealkylation sites (tertiary alicyclic amines) is 1. The van der Waals surface area contributed by atoms with Gasteiger partial charge in [0.05, 0.1) is 6.04 Å². The molecular formula is C29H32BrF3N2O6. The van der Waals surface area contributed by atoms with Gasteiger partial charge in [-0.3, -0.25) is 4.79 Å². The summed E-state index contributed by atoms with van der Waals surface area (Å²) in [4.78, 5) is 42.3. The van der Waals surface area contributed by atoms with Gasteiger partial charge >= 0.3 is 18.5 Å². The normalized spacial score (nSPS) is 20.1. The maximum atomic E-state index is 14.1. The van der Waals surface area contributed by atoms with Crippen molar-refractivity contribution in [3.05, 3.63) is 64.1 Å². The molecule has 0 saturated carbocycles. The van der Waals surface area contributed by atoms with E-state index in [0.717, 1.165) is 10.5 Å². The standard InChI is InChI=1S/C29H32BrF3N2O6/c1-28(2,3)41-26(37)34-10-9-20(16-34)24(14-19-11-21(30)15-23(13-19)40-29(31,32)33)25(36)35-22(17-39-27(35)38)12-18-7-5-4-6-8-18/h4-8,11,13,15,20,22,24H,9-10,12,14,16-17H2,1-3H3/t20-,22-,24-/m0/s1. The predicted octanol–water partition coefficient (Wildman–Crippen LogP) is 6.35. The van der Waals surface area contributed by atoms with E-state index < -0.39 is 47.8 Å². The SMILES string of the molecule is CC(C)(C)OC(=O)N1CC[C@H]([C@H](Cc2cc(Br)cc(OC(F)(F)F)c2)C(=O)N2C(=O)OC[C@@H]2Cc2ccccc2)C1. The number of carbonyl (C=O) groups is 3. The molecule has 2 aliphatic heterocycles. The lowest BCUT2D eigenvalue weighted by Crippen LogP contribution is -2.46. The van der Waals surface area contributed by atoms with E-state index >= 15 is 0 Å². The summed E-state index contributed by atoms with van der Waals surface area (Å²) >= 11 is 3.22. The molecule has 12 heteroatoms. The van der Waals surface area contributed by atoms with Crippen molar-refractivity contribution in [3.8, 4) is 5.75 Å². The topological polar surface area (TPSA) is 85.4 Å². The number of cyclic esters (lactones) is 1. The van der Waals surface area contributed by atoms with Gasteiger partial charge < -0.3 is 19.1 Å². The molecule has 2 aliphatic rings. The van der Waals surface area contributed by atoms with Crippen molar-refractivity contribution in [1.82, 2.24) is 9.80 Å². The van der Waals surface area contributed by atoms with Gasteiger partial charge in [0.2, 0.25) is 5.91 Å². The first-order chi connectivity index (χ1) is 19.2. The van der Waals surface area contributed by atoms with Gasteiger partial charge in [-0.2, -0.15) is 0 Å². The van der Waals surface area contributed by atoms with Crippen LogP contribution < -0.4 is 4.74 Å². The summed E-state index contributed by atoms with van der Waals surface area (Å²) in [6, 6.07) is 12.8. The first-order valence-corrected chi connectivity index (χ1v) is 14.0. The van der Waals surface area contributed by atoms with Crippen molar-refractivity contribution in [2.24, 2.45) is 11.8 Å². The molecule has 4 rings (SSSR count). The number of hydrogen-bond donors (Lipinski definition) is 0. The quantitative estimate of drug-likeness (QED) is 0.350. The lowest BCUT2D eigenvalue weighted by molar-refractivity contribution is -0.274. The van der Waals surface area contributed by atoms with Crippen molar-refractivity contribution in [2.75, 3.05) is 19.7 Å². The average molecular weight is 641 g/mol. The minimum Gasteiger partial charge on any atom is -0.447 e. The number of nitrogens with zero attached hydrogens (tertiary/aromatic N) is 2. The number of amides is 3. The van der Waals surface area contributed by atoms with Crippen LogP contribution in [0.5, 0.6) is 5.75 Å². The summed E-state index contributed by atoms with van der Waals surface area (Å²) in [7, 11) is 0. The highest BCUT2D eigenvalue weighted by molar-refractivity contribution is 9.10. The summed E-state index contributed by atoms with van der Waals surface area (Å²) < 4.78 is 54.1. The van der Waals surface area contributed by atoms with Gasteiger partial charge in [-0.25, -0.2) is 14.5 Å². The monoisotopic (exact) mass is 640 g/mol. The van der Waals surface area contributed by atoms with E-state index in [-0.39, 0.29) is 25.5 Å². The molecule has 8 nitrogen and oxygen atoms in total. The van der Waals surface area contributed by atoms with Crippen LogP contribution in [0.25, 0.3) is 0 Å². The van der Waals surface area contributed by atoms with E-state index in [1.165, 1.54) is 17.0 Å². The third-order valence-corrected chi connectivity index (χ3v) is 7.35. The molecule has 222 valence electrons. The number of alkyl halides is 3. The van der Waals surface area contributed by atoms with E-state index in [9.17, 15) is 27.6 Å². The number of carbonyl (C=O) groups excluding carboxylic acids is 3. The fourth-order valence-electron chi connectivity index (χ4n) is 5.19. The van der Waals surface area contributed by atoms with E-state index in [4.69, 9.17) is 9.47 Å². The zero-order valence-electron chi connectivity index (χ0n) is 22.9. The van der Waals surface area contributed by atoms with E-state index in [0.29, 0.717) is 29.4 Å². The molecule has 0 aromatic heterocycles. The van der Waals surface area contributed by atoms with E-state index in [1.54, 1.807) is 26.8 Å². The highest BCUT2D eigenvalue weighted by atomic mass is 79.9. The van der Waals surface area contributed by atoms with Crippen molar-refractivity contribution < 1.29 is 41.8 Å². The average Bonchev–Trinajstić information content (AvgIpc) is 3.47. The number of halogens is 4. The van der Waals surface area contributed by atoms with Crippen LogP contribution in [0.15, 0.2) is 53.0 Å². The molecule has 0 N–H and O–H groups in total. The largest absolute Gasteiger partial charge is 0.573 e. The zero-order valence-corrected chi connectivity index (χ0v) is 24.5. The molecular weight excluding hydrogens is 609 g/mol. The lowest BCUT2D eigenvalue weighted by Gasteiger charge is -2.29. The smallest absolute Gasteiger partial charge is 0.447 e. The van der Waals surface area contributed by atoms with Crippen LogP contribution in [0, 0.1) is 11.8 Å². The van der Waals surface area contributed by atoms with Gasteiger partial charge in [0.1, 0.15) is 18.0 Å². The fourth-order valence-corrected chi connectivity index (χ4v) is 5.71. The Kier molecular flexibility index (Phi) is 9.20.